The van der Waals surface area contributed by atoms with Gasteiger partial charge in [-0.05, 0) is 62.4 Å². The molecule has 0 aromatic heterocycles. The summed E-state index contributed by atoms with van der Waals surface area (Å²) in [5.41, 5.74) is 2.93. The van der Waals surface area contributed by atoms with Gasteiger partial charge in [0.05, 0.1) is 0 Å². The van der Waals surface area contributed by atoms with Crippen LogP contribution in [0.25, 0.3) is 0 Å². The Morgan fingerprint density at radius 2 is 1.90 bits per heavy atom. The van der Waals surface area contributed by atoms with Crippen molar-refractivity contribution in [2.45, 2.75) is 46.2 Å². The van der Waals surface area contributed by atoms with Crippen molar-refractivity contribution < 1.29 is 0 Å². The van der Waals surface area contributed by atoms with Crippen LogP contribution in [0.4, 0.5) is 0 Å². The Kier molecular flexibility index (Phi) is 6.06. The Hall–Kier alpha value is -0.860. The number of nitrogens with one attached hydrogen (secondary N) is 1. The van der Waals surface area contributed by atoms with Crippen molar-refractivity contribution >= 4 is 0 Å². The minimum absolute atomic E-state index is 0.839. The number of nitrogens with zero attached hydrogens (tertiary/aromatic N) is 1. The van der Waals surface area contributed by atoms with Crippen LogP contribution in [0.1, 0.15) is 44.2 Å². The van der Waals surface area contributed by atoms with Gasteiger partial charge in [-0.15, -0.1) is 0 Å². The standard InChI is InChI=1S/C18H30N2/c1-15(2)16-9-6-11-20(12-10-16)14-18-8-5-4-7-17(18)13-19-3/h4-5,7-8,15-16,19H,6,9-14H2,1-3H3. The normalized spacial score (nSPS) is 21.1. The molecule has 112 valence electrons. The molecule has 0 bridgehead atoms. The molecule has 0 spiro atoms. The predicted molar refractivity (Wildman–Crippen MR) is 86.7 cm³/mol. The minimum Gasteiger partial charge on any atom is -0.316 e. The molecule has 1 aliphatic heterocycles. The summed E-state index contributed by atoms with van der Waals surface area (Å²) in [6.07, 6.45) is 4.13. The molecule has 1 aromatic carbocycles. The van der Waals surface area contributed by atoms with Crippen LogP contribution in [0.15, 0.2) is 24.3 Å². The van der Waals surface area contributed by atoms with E-state index in [0.717, 1.165) is 24.9 Å². The molecule has 1 atom stereocenters. The largest absolute Gasteiger partial charge is 0.316 e. The van der Waals surface area contributed by atoms with Crippen molar-refractivity contribution in [1.82, 2.24) is 10.2 Å². The molecule has 0 aliphatic carbocycles. The second-order valence-electron chi connectivity index (χ2n) is 6.51. The van der Waals surface area contributed by atoms with Crippen LogP contribution >= 0.6 is 0 Å². The van der Waals surface area contributed by atoms with E-state index in [1.54, 1.807) is 0 Å². The van der Waals surface area contributed by atoms with E-state index in [1.807, 2.05) is 7.05 Å². The maximum atomic E-state index is 3.28. The van der Waals surface area contributed by atoms with Crippen LogP contribution in [0.2, 0.25) is 0 Å². The lowest BCUT2D eigenvalue weighted by Crippen LogP contribution is -2.25. The third kappa shape index (κ3) is 4.32. The monoisotopic (exact) mass is 274 g/mol. The summed E-state index contributed by atoms with van der Waals surface area (Å²) in [6.45, 7) is 9.36. The molecule has 1 heterocycles. The SMILES string of the molecule is CNCc1ccccc1CN1CCCC(C(C)C)CC1. The third-order valence-electron chi connectivity index (χ3n) is 4.69. The second kappa shape index (κ2) is 7.80. The van der Waals surface area contributed by atoms with Crippen molar-refractivity contribution in [1.29, 1.82) is 0 Å². The molecule has 2 heteroatoms. The molecule has 1 aromatic rings. The second-order valence-corrected chi connectivity index (χ2v) is 6.51. The highest BCUT2D eigenvalue weighted by molar-refractivity contribution is 5.26. The molecule has 2 rings (SSSR count). The summed E-state index contributed by atoms with van der Waals surface area (Å²) < 4.78 is 0. The highest BCUT2D eigenvalue weighted by Crippen LogP contribution is 2.25. The van der Waals surface area contributed by atoms with E-state index in [2.05, 4.69) is 48.3 Å². The predicted octanol–water partition coefficient (Wildman–Crippen LogP) is 3.66. The number of benzene rings is 1. The molecule has 0 radical (unpaired) electrons. The van der Waals surface area contributed by atoms with Crippen molar-refractivity contribution in [3.8, 4) is 0 Å². The summed E-state index contributed by atoms with van der Waals surface area (Å²) in [5.74, 6) is 1.76. The molecule has 1 aliphatic rings. The van der Waals surface area contributed by atoms with E-state index in [1.165, 1.54) is 43.5 Å². The topological polar surface area (TPSA) is 15.3 Å². The van der Waals surface area contributed by atoms with Crippen LogP contribution in [-0.2, 0) is 13.1 Å². The first-order chi connectivity index (χ1) is 9.70. The molecule has 2 nitrogen and oxygen atoms in total. The van der Waals surface area contributed by atoms with E-state index in [0.29, 0.717) is 0 Å². The fourth-order valence-electron chi connectivity index (χ4n) is 3.32. The summed E-state index contributed by atoms with van der Waals surface area (Å²) in [4.78, 5) is 2.65. The maximum Gasteiger partial charge on any atom is 0.0236 e. The van der Waals surface area contributed by atoms with Gasteiger partial charge in [0, 0.05) is 13.1 Å². The van der Waals surface area contributed by atoms with Gasteiger partial charge in [-0.25, -0.2) is 0 Å². The zero-order valence-electron chi connectivity index (χ0n) is 13.4. The van der Waals surface area contributed by atoms with E-state index in [9.17, 15) is 0 Å². The number of hydrogen-bond donors (Lipinski definition) is 1. The molecule has 0 amide bonds. The first-order valence-electron chi connectivity index (χ1n) is 8.14. The van der Waals surface area contributed by atoms with E-state index >= 15 is 0 Å². The van der Waals surface area contributed by atoms with Gasteiger partial charge in [0.25, 0.3) is 0 Å². The van der Waals surface area contributed by atoms with Gasteiger partial charge in [0.2, 0.25) is 0 Å². The smallest absolute Gasteiger partial charge is 0.0236 e. The average molecular weight is 274 g/mol. The highest BCUT2D eigenvalue weighted by Gasteiger charge is 2.19. The van der Waals surface area contributed by atoms with Crippen LogP contribution < -0.4 is 5.32 Å². The average Bonchev–Trinajstić information content (AvgIpc) is 2.67. The quantitative estimate of drug-likeness (QED) is 0.881. The van der Waals surface area contributed by atoms with Gasteiger partial charge in [0.15, 0.2) is 0 Å². The lowest BCUT2D eigenvalue weighted by Gasteiger charge is -2.22. The van der Waals surface area contributed by atoms with Gasteiger partial charge in [-0.1, -0.05) is 38.1 Å². The van der Waals surface area contributed by atoms with Crippen LogP contribution in [0.3, 0.4) is 0 Å². The van der Waals surface area contributed by atoms with Crippen LogP contribution in [-0.4, -0.2) is 25.0 Å². The molecule has 1 fully saturated rings. The number of hydrogen-bond acceptors (Lipinski definition) is 2. The molecule has 20 heavy (non-hydrogen) atoms. The fourth-order valence-corrected chi connectivity index (χ4v) is 3.32. The Morgan fingerprint density at radius 1 is 1.15 bits per heavy atom. The van der Waals surface area contributed by atoms with Crippen molar-refractivity contribution in [2.24, 2.45) is 11.8 Å². The molecular formula is C18H30N2. The molecule has 1 N–H and O–H groups in total. The number of rotatable bonds is 5. The van der Waals surface area contributed by atoms with Gasteiger partial charge in [0.1, 0.15) is 0 Å². The lowest BCUT2D eigenvalue weighted by atomic mass is 9.89. The van der Waals surface area contributed by atoms with Gasteiger partial charge < -0.3 is 5.32 Å². The maximum absolute atomic E-state index is 3.28. The summed E-state index contributed by atoms with van der Waals surface area (Å²) in [7, 11) is 2.02. The molecular weight excluding hydrogens is 244 g/mol. The zero-order chi connectivity index (χ0) is 14.4. The van der Waals surface area contributed by atoms with E-state index in [4.69, 9.17) is 0 Å². The minimum atomic E-state index is 0.839. The van der Waals surface area contributed by atoms with Crippen LogP contribution in [0, 0.1) is 11.8 Å². The third-order valence-corrected chi connectivity index (χ3v) is 4.69. The number of likely N-dealkylation sites (tertiary alicyclic amines) is 1. The Morgan fingerprint density at radius 3 is 2.60 bits per heavy atom. The molecule has 0 saturated carbocycles. The van der Waals surface area contributed by atoms with Crippen molar-refractivity contribution in [3.05, 3.63) is 35.4 Å². The van der Waals surface area contributed by atoms with Crippen molar-refractivity contribution in [2.75, 3.05) is 20.1 Å². The fraction of sp³-hybridized carbons (Fsp3) is 0.667. The van der Waals surface area contributed by atoms with Gasteiger partial charge >= 0.3 is 0 Å². The van der Waals surface area contributed by atoms with Crippen LogP contribution in [0.5, 0.6) is 0 Å². The molecule has 1 saturated heterocycles. The Bertz CT molecular complexity index is 400. The van der Waals surface area contributed by atoms with Gasteiger partial charge in [-0.2, -0.15) is 0 Å². The Balaban J connectivity index is 1.96. The van der Waals surface area contributed by atoms with Gasteiger partial charge in [-0.3, -0.25) is 4.90 Å². The van der Waals surface area contributed by atoms with Crippen molar-refractivity contribution in [3.63, 3.8) is 0 Å². The lowest BCUT2D eigenvalue weighted by molar-refractivity contribution is 0.264. The first kappa shape index (κ1) is 15.5. The Labute approximate surface area is 124 Å². The van der Waals surface area contributed by atoms with E-state index in [-0.39, 0.29) is 0 Å². The molecule has 1 unspecified atom stereocenters. The highest BCUT2D eigenvalue weighted by atomic mass is 15.1. The summed E-state index contributed by atoms with van der Waals surface area (Å²) in [6, 6.07) is 8.86. The summed E-state index contributed by atoms with van der Waals surface area (Å²) in [5, 5.41) is 3.28. The summed E-state index contributed by atoms with van der Waals surface area (Å²) >= 11 is 0. The first-order valence-corrected chi connectivity index (χ1v) is 8.14. The zero-order valence-corrected chi connectivity index (χ0v) is 13.4. The van der Waals surface area contributed by atoms with E-state index < -0.39 is 0 Å².